The van der Waals surface area contributed by atoms with Crippen molar-refractivity contribution in [2.75, 3.05) is 26.7 Å². The molecule has 1 fully saturated rings. The van der Waals surface area contributed by atoms with Crippen molar-refractivity contribution in [3.8, 4) is 0 Å². The molecule has 0 aliphatic carbocycles. The lowest BCUT2D eigenvalue weighted by atomic mass is 10.0. The number of hydrogen-bond acceptors (Lipinski definition) is 3. The molecule has 0 saturated carbocycles. The Labute approximate surface area is 118 Å². The van der Waals surface area contributed by atoms with Gasteiger partial charge in [0.05, 0.1) is 12.0 Å². The van der Waals surface area contributed by atoms with Crippen LogP contribution in [0.3, 0.4) is 0 Å². The third kappa shape index (κ3) is 3.81. The van der Waals surface area contributed by atoms with Gasteiger partial charge in [0.15, 0.2) is 0 Å². The zero-order valence-corrected chi connectivity index (χ0v) is 11.6. The Bertz CT molecular complexity index is 502. The molecule has 1 saturated heterocycles. The van der Waals surface area contributed by atoms with E-state index in [1.807, 2.05) is 0 Å². The summed E-state index contributed by atoms with van der Waals surface area (Å²) in [6.45, 7) is 2.74. The monoisotopic (exact) mass is 276 g/mol. The van der Waals surface area contributed by atoms with Crippen molar-refractivity contribution in [3.63, 3.8) is 0 Å². The number of amides is 1. The number of nitrogens with one attached hydrogen (secondary N) is 1. The lowest BCUT2D eigenvalue weighted by Gasteiger charge is -2.12. The largest absolute Gasteiger partial charge is 0.478 e. The molecule has 5 nitrogen and oxygen atoms in total. The number of hydrogen-bond donors (Lipinski definition) is 2. The number of rotatable bonds is 5. The molecule has 2 rings (SSSR count). The summed E-state index contributed by atoms with van der Waals surface area (Å²) in [5.41, 5.74) is 0.754. The van der Waals surface area contributed by atoms with Crippen molar-refractivity contribution in [2.24, 2.45) is 5.92 Å². The van der Waals surface area contributed by atoms with Gasteiger partial charge >= 0.3 is 5.97 Å². The van der Waals surface area contributed by atoms with Gasteiger partial charge in [-0.1, -0.05) is 18.2 Å². The Kier molecular flexibility index (Phi) is 4.74. The van der Waals surface area contributed by atoms with Gasteiger partial charge in [-0.15, -0.1) is 0 Å². The number of carbonyl (C=O) groups is 2. The molecule has 1 aromatic rings. The Morgan fingerprint density at radius 3 is 2.80 bits per heavy atom. The van der Waals surface area contributed by atoms with Crippen LogP contribution in [0.1, 0.15) is 22.3 Å². The number of carbonyl (C=O) groups excluding carboxylic acids is 1. The molecular formula is C15H20N2O3. The van der Waals surface area contributed by atoms with Crippen LogP contribution >= 0.6 is 0 Å². The van der Waals surface area contributed by atoms with Gasteiger partial charge in [-0.05, 0) is 37.6 Å². The molecule has 1 aliphatic rings. The molecular weight excluding hydrogens is 256 g/mol. The Balaban J connectivity index is 1.87. The van der Waals surface area contributed by atoms with E-state index in [9.17, 15) is 9.59 Å². The zero-order chi connectivity index (χ0) is 14.5. The summed E-state index contributed by atoms with van der Waals surface area (Å²) in [7, 11) is 2.07. The first-order valence-corrected chi connectivity index (χ1v) is 6.82. The highest BCUT2D eigenvalue weighted by Crippen LogP contribution is 2.13. The Hall–Kier alpha value is -1.88. The van der Waals surface area contributed by atoms with Crippen LogP contribution in [-0.2, 0) is 11.2 Å². The van der Waals surface area contributed by atoms with Crippen LogP contribution in [0.4, 0.5) is 0 Å². The number of likely N-dealkylation sites (tertiary alicyclic amines) is 1. The van der Waals surface area contributed by atoms with Crippen molar-refractivity contribution in [3.05, 3.63) is 35.4 Å². The van der Waals surface area contributed by atoms with E-state index in [-0.39, 0.29) is 17.9 Å². The van der Waals surface area contributed by atoms with Gasteiger partial charge in [-0.25, -0.2) is 4.79 Å². The molecule has 1 aliphatic heterocycles. The summed E-state index contributed by atoms with van der Waals surface area (Å²) < 4.78 is 0. The summed E-state index contributed by atoms with van der Waals surface area (Å²) in [6, 6.07) is 6.63. The first kappa shape index (κ1) is 14.5. The van der Waals surface area contributed by atoms with Gasteiger partial charge < -0.3 is 15.3 Å². The van der Waals surface area contributed by atoms with E-state index in [1.165, 1.54) is 6.07 Å². The summed E-state index contributed by atoms with van der Waals surface area (Å²) in [6.07, 6.45) is 1.22. The van der Waals surface area contributed by atoms with Crippen molar-refractivity contribution < 1.29 is 14.7 Å². The van der Waals surface area contributed by atoms with Crippen LogP contribution in [0, 0.1) is 5.92 Å². The molecule has 0 bridgehead atoms. The van der Waals surface area contributed by atoms with Crippen LogP contribution in [0.2, 0.25) is 0 Å². The minimum Gasteiger partial charge on any atom is -0.478 e. The molecule has 2 N–H and O–H groups in total. The molecule has 108 valence electrons. The predicted molar refractivity (Wildman–Crippen MR) is 75.7 cm³/mol. The molecule has 1 unspecified atom stereocenters. The maximum Gasteiger partial charge on any atom is 0.335 e. The minimum atomic E-state index is -0.995. The number of carboxylic acid groups (broad SMARTS) is 1. The molecule has 1 aromatic carbocycles. The third-order valence-corrected chi connectivity index (χ3v) is 3.68. The van der Waals surface area contributed by atoms with Crippen LogP contribution in [0.25, 0.3) is 0 Å². The highest BCUT2D eigenvalue weighted by molar-refractivity contribution is 5.91. The van der Waals surface area contributed by atoms with Crippen molar-refractivity contribution in [1.29, 1.82) is 0 Å². The van der Waals surface area contributed by atoms with E-state index in [4.69, 9.17) is 5.11 Å². The Morgan fingerprint density at radius 1 is 1.40 bits per heavy atom. The molecule has 1 atom stereocenters. The maximum atomic E-state index is 11.9. The van der Waals surface area contributed by atoms with Gasteiger partial charge in [0.25, 0.3) is 0 Å². The highest BCUT2D eigenvalue weighted by Gasteiger charge is 2.20. The van der Waals surface area contributed by atoms with E-state index in [2.05, 4.69) is 17.3 Å². The van der Waals surface area contributed by atoms with Crippen molar-refractivity contribution in [1.82, 2.24) is 10.2 Å². The molecule has 1 amide bonds. The topological polar surface area (TPSA) is 69.6 Å². The van der Waals surface area contributed by atoms with Gasteiger partial charge in [0.2, 0.25) is 5.91 Å². The predicted octanol–water partition coefficient (Wildman–Crippen LogP) is 0.995. The summed E-state index contributed by atoms with van der Waals surface area (Å²) in [5.74, 6) is -0.613. The first-order valence-electron chi connectivity index (χ1n) is 6.82. The lowest BCUT2D eigenvalue weighted by Crippen LogP contribution is -2.31. The summed E-state index contributed by atoms with van der Waals surface area (Å²) in [4.78, 5) is 25.2. The molecule has 0 aromatic heterocycles. The van der Waals surface area contributed by atoms with E-state index in [1.54, 1.807) is 18.2 Å². The zero-order valence-electron chi connectivity index (χ0n) is 11.6. The van der Waals surface area contributed by atoms with E-state index in [0.717, 1.165) is 19.5 Å². The average Bonchev–Trinajstić information content (AvgIpc) is 2.83. The van der Waals surface area contributed by atoms with Crippen molar-refractivity contribution >= 4 is 11.9 Å². The van der Waals surface area contributed by atoms with Gasteiger partial charge in [-0.2, -0.15) is 0 Å². The minimum absolute atomic E-state index is 0.116. The van der Waals surface area contributed by atoms with Gasteiger partial charge in [0.1, 0.15) is 0 Å². The standard InChI is InChI=1S/C15H20N2O3/c1-17-7-6-11(10-17)9-16-14(18)8-12-4-2-3-5-13(12)15(19)20/h2-5,11H,6-10H2,1H3,(H,16,18)(H,19,20). The fourth-order valence-electron chi connectivity index (χ4n) is 2.57. The van der Waals surface area contributed by atoms with E-state index < -0.39 is 5.97 Å². The first-order chi connectivity index (χ1) is 9.56. The number of carboxylic acids is 1. The second kappa shape index (κ2) is 6.52. The van der Waals surface area contributed by atoms with Crippen LogP contribution in [0.15, 0.2) is 24.3 Å². The quantitative estimate of drug-likeness (QED) is 0.841. The summed E-state index contributed by atoms with van der Waals surface area (Å²) >= 11 is 0. The lowest BCUT2D eigenvalue weighted by molar-refractivity contribution is -0.120. The second-order valence-electron chi connectivity index (χ2n) is 5.36. The van der Waals surface area contributed by atoms with Gasteiger partial charge in [0, 0.05) is 13.1 Å². The smallest absolute Gasteiger partial charge is 0.335 e. The third-order valence-electron chi connectivity index (χ3n) is 3.68. The molecule has 0 spiro atoms. The van der Waals surface area contributed by atoms with Crippen molar-refractivity contribution in [2.45, 2.75) is 12.8 Å². The Morgan fingerprint density at radius 2 is 2.15 bits per heavy atom. The second-order valence-corrected chi connectivity index (χ2v) is 5.36. The van der Waals surface area contributed by atoms with E-state index >= 15 is 0 Å². The van der Waals surface area contributed by atoms with Gasteiger partial charge in [-0.3, -0.25) is 4.79 Å². The number of aromatic carboxylic acids is 1. The number of nitrogens with zero attached hydrogens (tertiary/aromatic N) is 1. The molecule has 20 heavy (non-hydrogen) atoms. The number of benzene rings is 1. The fourth-order valence-corrected chi connectivity index (χ4v) is 2.57. The van der Waals surface area contributed by atoms with Crippen LogP contribution in [-0.4, -0.2) is 48.6 Å². The maximum absolute atomic E-state index is 11.9. The highest BCUT2D eigenvalue weighted by atomic mass is 16.4. The summed E-state index contributed by atoms with van der Waals surface area (Å²) in [5, 5.41) is 12.0. The van der Waals surface area contributed by atoms with Crippen LogP contribution < -0.4 is 5.32 Å². The van der Waals surface area contributed by atoms with E-state index in [0.29, 0.717) is 18.0 Å². The fraction of sp³-hybridized carbons (Fsp3) is 0.467. The molecule has 0 radical (unpaired) electrons. The molecule has 5 heteroatoms. The van der Waals surface area contributed by atoms with Crippen LogP contribution in [0.5, 0.6) is 0 Å². The molecule has 1 heterocycles. The normalized spacial score (nSPS) is 18.9. The average molecular weight is 276 g/mol. The SMILES string of the molecule is CN1CCC(CNC(=O)Cc2ccccc2C(=O)O)C1.